The molecule has 1 unspecified atom stereocenters. The maximum Gasteiger partial charge on any atom is 0.488 e. The highest BCUT2D eigenvalue weighted by Gasteiger charge is 2.31. The molecule has 2 aromatic carbocycles. The second-order valence-electron chi connectivity index (χ2n) is 3.91. The number of hydrogen-bond donors (Lipinski definition) is 0. The molecule has 100 valence electrons. The van der Waals surface area contributed by atoms with E-state index in [1.54, 1.807) is 19.2 Å². The van der Waals surface area contributed by atoms with Gasteiger partial charge in [0, 0.05) is 19.8 Å². The number of nitrogens with zero attached hydrogens (tertiary/aromatic N) is 1. The Morgan fingerprint density at radius 1 is 0.947 bits per heavy atom. The molecule has 2 rings (SSSR count). The van der Waals surface area contributed by atoms with E-state index < -0.39 is 7.75 Å². The van der Waals surface area contributed by atoms with Crippen LogP contribution in [-0.2, 0) is 9.09 Å². The highest BCUT2D eigenvalue weighted by atomic mass is 31.2. The zero-order valence-corrected chi connectivity index (χ0v) is 11.8. The van der Waals surface area contributed by atoms with Crippen LogP contribution in [0.5, 0.6) is 5.75 Å². The summed E-state index contributed by atoms with van der Waals surface area (Å²) >= 11 is 0. The van der Waals surface area contributed by atoms with Crippen LogP contribution in [0, 0.1) is 0 Å². The van der Waals surface area contributed by atoms with Crippen LogP contribution >= 0.6 is 7.75 Å². The van der Waals surface area contributed by atoms with Crippen LogP contribution in [0.3, 0.4) is 0 Å². The van der Waals surface area contributed by atoms with E-state index in [-0.39, 0.29) is 0 Å². The van der Waals surface area contributed by atoms with Crippen molar-refractivity contribution in [3.63, 3.8) is 0 Å². The second-order valence-corrected chi connectivity index (χ2v) is 6.00. The molecule has 0 radical (unpaired) electrons. The van der Waals surface area contributed by atoms with Gasteiger partial charge in [-0.2, -0.15) is 0 Å². The van der Waals surface area contributed by atoms with Crippen LogP contribution in [0.4, 0.5) is 5.69 Å². The van der Waals surface area contributed by atoms with Gasteiger partial charge in [-0.3, -0.25) is 9.19 Å². The Labute approximate surface area is 113 Å². The predicted octanol–water partition coefficient (Wildman–Crippen LogP) is 3.96. The Morgan fingerprint density at radius 2 is 1.47 bits per heavy atom. The molecule has 0 aliphatic rings. The summed E-state index contributed by atoms with van der Waals surface area (Å²) in [6.45, 7) is 0. The van der Waals surface area contributed by atoms with Gasteiger partial charge in [0.05, 0.1) is 0 Å². The van der Waals surface area contributed by atoms with E-state index in [4.69, 9.17) is 9.05 Å². The van der Waals surface area contributed by atoms with Gasteiger partial charge in [-0.15, -0.1) is 0 Å². The Balaban J connectivity index is 2.25. The van der Waals surface area contributed by atoms with E-state index in [2.05, 4.69) is 0 Å². The molecule has 0 saturated heterocycles. The van der Waals surface area contributed by atoms with Gasteiger partial charge in [-0.1, -0.05) is 36.4 Å². The minimum absolute atomic E-state index is 0.510. The van der Waals surface area contributed by atoms with Gasteiger partial charge in [0.25, 0.3) is 0 Å². The van der Waals surface area contributed by atoms with Gasteiger partial charge in [0.2, 0.25) is 0 Å². The zero-order valence-electron chi connectivity index (χ0n) is 10.9. The lowest BCUT2D eigenvalue weighted by atomic mass is 10.3. The van der Waals surface area contributed by atoms with Crippen LogP contribution in [0.1, 0.15) is 0 Å². The monoisotopic (exact) mass is 277 g/mol. The first kappa shape index (κ1) is 13.7. The molecule has 1 atom stereocenters. The maximum atomic E-state index is 12.7. The summed E-state index contributed by atoms with van der Waals surface area (Å²) < 4.78 is 24.9. The average Bonchev–Trinajstić information content (AvgIpc) is 2.48. The van der Waals surface area contributed by atoms with Crippen LogP contribution in [0.2, 0.25) is 0 Å². The van der Waals surface area contributed by atoms with E-state index in [1.165, 1.54) is 11.8 Å². The first-order chi connectivity index (χ1) is 9.15. The zero-order chi connectivity index (χ0) is 13.7. The lowest BCUT2D eigenvalue weighted by Crippen LogP contribution is -2.18. The topological polar surface area (TPSA) is 38.8 Å². The number of para-hydroxylation sites is 2. The minimum Gasteiger partial charge on any atom is -0.409 e. The van der Waals surface area contributed by atoms with Crippen LogP contribution < -0.4 is 9.19 Å². The van der Waals surface area contributed by atoms with Gasteiger partial charge in [0.1, 0.15) is 5.75 Å². The van der Waals surface area contributed by atoms with Crippen molar-refractivity contribution in [3.8, 4) is 5.75 Å². The number of rotatable bonds is 5. The quantitative estimate of drug-likeness (QED) is 0.775. The molecule has 0 aliphatic carbocycles. The molecule has 0 aliphatic heterocycles. The first-order valence-corrected chi connectivity index (χ1v) is 7.35. The number of anilines is 1. The Bertz CT molecular complexity index is 559. The van der Waals surface area contributed by atoms with Crippen LogP contribution in [-0.4, -0.2) is 14.2 Å². The smallest absolute Gasteiger partial charge is 0.409 e. The molecule has 0 N–H and O–H groups in total. The average molecular weight is 277 g/mol. The van der Waals surface area contributed by atoms with E-state index in [0.29, 0.717) is 5.75 Å². The summed E-state index contributed by atoms with van der Waals surface area (Å²) in [5.74, 6) is 0.510. The van der Waals surface area contributed by atoms with E-state index in [9.17, 15) is 4.57 Å². The van der Waals surface area contributed by atoms with E-state index >= 15 is 0 Å². The molecule has 0 saturated carbocycles. The van der Waals surface area contributed by atoms with Crippen molar-refractivity contribution in [2.24, 2.45) is 0 Å². The van der Waals surface area contributed by atoms with Crippen LogP contribution in [0.25, 0.3) is 0 Å². The Kier molecular flexibility index (Phi) is 4.25. The molecule has 4 nitrogen and oxygen atoms in total. The first-order valence-electron chi connectivity index (χ1n) is 5.85. The summed E-state index contributed by atoms with van der Waals surface area (Å²) in [6.07, 6.45) is 0. The van der Waals surface area contributed by atoms with E-state index in [0.717, 1.165) is 5.69 Å². The lowest BCUT2D eigenvalue weighted by Gasteiger charge is -2.27. The SMILES string of the molecule is COP(=O)(Oc1ccccc1)N(C)c1ccccc1. The van der Waals surface area contributed by atoms with Crippen molar-refractivity contribution in [3.05, 3.63) is 60.7 Å². The molecule has 5 heteroatoms. The largest absolute Gasteiger partial charge is 0.488 e. The van der Waals surface area contributed by atoms with Crippen molar-refractivity contribution in [1.29, 1.82) is 0 Å². The van der Waals surface area contributed by atoms with Crippen molar-refractivity contribution >= 4 is 13.4 Å². The minimum atomic E-state index is -3.40. The Morgan fingerprint density at radius 3 is 2.00 bits per heavy atom. The molecule has 0 aromatic heterocycles. The van der Waals surface area contributed by atoms with Gasteiger partial charge >= 0.3 is 7.75 Å². The maximum absolute atomic E-state index is 12.7. The van der Waals surface area contributed by atoms with Crippen LogP contribution in [0.15, 0.2) is 60.7 Å². The second kappa shape index (κ2) is 5.91. The van der Waals surface area contributed by atoms with Crippen molar-refractivity contribution in [1.82, 2.24) is 0 Å². The fraction of sp³-hybridized carbons (Fsp3) is 0.143. The van der Waals surface area contributed by atoms with Crippen molar-refractivity contribution in [2.45, 2.75) is 0 Å². The molecular weight excluding hydrogens is 261 g/mol. The summed E-state index contributed by atoms with van der Waals surface area (Å²) in [4.78, 5) is 0. The lowest BCUT2D eigenvalue weighted by molar-refractivity contribution is 0.320. The standard InChI is InChI=1S/C14H16NO3P/c1-15(13-9-5-3-6-10-13)19(16,17-2)18-14-11-7-4-8-12-14/h3-12H,1-2H3. The normalized spacial score (nSPS) is 13.6. The molecule has 0 heterocycles. The van der Waals surface area contributed by atoms with Gasteiger partial charge < -0.3 is 4.52 Å². The molecule has 19 heavy (non-hydrogen) atoms. The number of hydrogen-bond acceptors (Lipinski definition) is 3. The van der Waals surface area contributed by atoms with Gasteiger partial charge in [0.15, 0.2) is 0 Å². The third-order valence-corrected chi connectivity index (χ3v) is 4.56. The van der Waals surface area contributed by atoms with Gasteiger partial charge in [-0.05, 0) is 24.3 Å². The fourth-order valence-electron chi connectivity index (χ4n) is 1.62. The number of benzene rings is 2. The third kappa shape index (κ3) is 3.16. The summed E-state index contributed by atoms with van der Waals surface area (Å²) in [6, 6.07) is 18.3. The molecule has 0 spiro atoms. The third-order valence-electron chi connectivity index (χ3n) is 2.69. The van der Waals surface area contributed by atoms with E-state index in [1.807, 2.05) is 48.5 Å². The predicted molar refractivity (Wildman–Crippen MR) is 76.5 cm³/mol. The fourth-order valence-corrected chi connectivity index (χ4v) is 2.87. The molecule has 2 aromatic rings. The molecule has 0 bridgehead atoms. The summed E-state index contributed by atoms with van der Waals surface area (Å²) in [7, 11) is -0.341. The highest BCUT2D eigenvalue weighted by molar-refractivity contribution is 7.56. The Hall–Kier alpha value is -1.77. The van der Waals surface area contributed by atoms with Gasteiger partial charge in [-0.25, -0.2) is 4.57 Å². The summed E-state index contributed by atoms with van der Waals surface area (Å²) in [5, 5.41) is 0. The summed E-state index contributed by atoms with van der Waals surface area (Å²) in [5.41, 5.74) is 0.767. The molecular formula is C14H16NO3P. The highest BCUT2D eigenvalue weighted by Crippen LogP contribution is 2.52. The molecule has 0 amide bonds. The van der Waals surface area contributed by atoms with Crippen molar-refractivity contribution < 1.29 is 13.6 Å². The molecule has 0 fully saturated rings. The van der Waals surface area contributed by atoms with Crippen molar-refractivity contribution in [2.75, 3.05) is 18.8 Å².